The number of hydrogen-bond acceptors (Lipinski definition) is 4. The molecule has 3 N–H and O–H groups in total. The minimum absolute atomic E-state index is 0.00490. The number of carbonyl (C=O) groups is 3. The second kappa shape index (κ2) is 11.7. The van der Waals surface area contributed by atoms with Crippen LogP contribution in [-0.2, 0) is 14.3 Å². The van der Waals surface area contributed by atoms with Crippen LogP contribution < -0.4 is 10.6 Å². The largest absolute Gasteiger partial charge is 0.481 e. The molecular weight excluding hydrogens is 432 g/mol. The molecule has 0 heterocycles. The molecule has 0 aliphatic heterocycles. The van der Waals surface area contributed by atoms with Crippen molar-refractivity contribution in [3.63, 3.8) is 0 Å². The Labute approximate surface area is 200 Å². The third kappa shape index (κ3) is 6.37. The van der Waals surface area contributed by atoms with Crippen LogP contribution in [0.4, 0.5) is 4.79 Å². The average molecular weight is 467 g/mol. The van der Waals surface area contributed by atoms with Gasteiger partial charge < -0.3 is 20.5 Å². The Morgan fingerprint density at radius 3 is 2.12 bits per heavy atom. The zero-order chi connectivity index (χ0) is 24.7. The van der Waals surface area contributed by atoms with Crippen molar-refractivity contribution in [2.45, 2.75) is 52.0 Å². The van der Waals surface area contributed by atoms with E-state index in [1.807, 2.05) is 50.2 Å². The van der Waals surface area contributed by atoms with Gasteiger partial charge in [-0.2, -0.15) is 0 Å². The van der Waals surface area contributed by atoms with Crippen LogP contribution in [0.3, 0.4) is 0 Å². The molecule has 182 valence electrons. The third-order valence-electron chi connectivity index (χ3n) is 6.19. The number of rotatable bonds is 11. The normalized spacial score (nSPS) is 14.1. The molecule has 0 bridgehead atoms. The summed E-state index contributed by atoms with van der Waals surface area (Å²) in [4.78, 5) is 36.3. The average Bonchev–Trinajstić information content (AvgIpc) is 3.12. The van der Waals surface area contributed by atoms with E-state index in [2.05, 4.69) is 22.8 Å². The number of carboxylic acid groups (broad SMARTS) is 1. The number of aliphatic carboxylic acids is 1. The summed E-state index contributed by atoms with van der Waals surface area (Å²) in [5.74, 6) is -1.12. The summed E-state index contributed by atoms with van der Waals surface area (Å²) in [7, 11) is 0. The first-order chi connectivity index (χ1) is 16.3. The predicted molar refractivity (Wildman–Crippen MR) is 130 cm³/mol. The number of carbonyl (C=O) groups excluding carboxylic acids is 2. The van der Waals surface area contributed by atoms with Crippen molar-refractivity contribution in [2.75, 3.05) is 13.2 Å². The SMILES string of the molecule is CCC(NC(=O)OCC1c2ccccc2-c2ccccc21)C(=O)NCC(CC(=O)O)CC(C)C. The Morgan fingerprint density at radius 1 is 1.00 bits per heavy atom. The van der Waals surface area contributed by atoms with Crippen LogP contribution in [0, 0.1) is 11.8 Å². The number of ether oxygens (including phenoxy) is 1. The van der Waals surface area contributed by atoms with Crippen molar-refractivity contribution in [1.82, 2.24) is 10.6 Å². The maximum atomic E-state index is 12.6. The molecule has 0 saturated carbocycles. The van der Waals surface area contributed by atoms with Crippen LogP contribution in [0.2, 0.25) is 0 Å². The Bertz CT molecular complexity index is 974. The number of alkyl carbamates (subject to hydrolysis) is 1. The van der Waals surface area contributed by atoms with Gasteiger partial charge in [0.05, 0.1) is 0 Å². The number of amides is 2. The van der Waals surface area contributed by atoms with Gasteiger partial charge in [0.15, 0.2) is 0 Å². The molecule has 2 aromatic rings. The minimum Gasteiger partial charge on any atom is -0.481 e. The lowest BCUT2D eigenvalue weighted by Gasteiger charge is -2.21. The molecule has 0 saturated heterocycles. The molecule has 34 heavy (non-hydrogen) atoms. The van der Waals surface area contributed by atoms with Crippen LogP contribution in [0.5, 0.6) is 0 Å². The van der Waals surface area contributed by atoms with E-state index >= 15 is 0 Å². The maximum Gasteiger partial charge on any atom is 0.407 e. The highest BCUT2D eigenvalue weighted by Gasteiger charge is 2.29. The molecule has 0 fully saturated rings. The van der Waals surface area contributed by atoms with Gasteiger partial charge in [-0.3, -0.25) is 9.59 Å². The molecule has 1 aliphatic rings. The first-order valence-corrected chi connectivity index (χ1v) is 11.9. The van der Waals surface area contributed by atoms with E-state index in [0.717, 1.165) is 22.3 Å². The molecule has 0 spiro atoms. The molecule has 2 atom stereocenters. The van der Waals surface area contributed by atoms with Gasteiger partial charge in [-0.25, -0.2) is 4.79 Å². The topological polar surface area (TPSA) is 105 Å². The van der Waals surface area contributed by atoms with Crippen molar-refractivity contribution in [3.8, 4) is 11.1 Å². The first-order valence-electron chi connectivity index (χ1n) is 11.9. The van der Waals surface area contributed by atoms with Gasteiger partial charge in [-0.05, 0) is 46.9 Å². The number of benzene rings is 2. The number of hydrogen-bond donors (Lipinski definition) is 3. The van der Waals surface area contributed by atoms with Crippen molar-refractivity contribution in [1.29, 1.82) is 0 Å². The molecule has 2 amide bonds. The maximum absolute atomic E-state index is 12.6. The van der Waals surface area contributed by atoms with E-state index < -0.39 is 18.1 Å². The zero-order valence-corrected chi connectivity index (χ0v) is 20.0. The lowest BCUT2D eigenvalue weighted by molar-refractivity contribution is -0.138. The fourth-order valence-corrected chi connectivity index (χ4v) is 4.66. The van der Waals surface area contributed by atoms with Crippen LogP contribution in [-0.4, -0.2) is 42.3 Å². The van der Waals surface area contributed by atoms with E-state index in [1.54, 1.807) is 6.92 Å². The summed E-state index contributed by atoms with van der Waals surface area (Å²) in [6.07, 6.45) is 0.440. The summed E-state index contributed by atoms with van der Waals surface area (Å²) in [6.45, 7) is 6.27. The van der Waals surface area contributed by atoms with Gasteiger partial charge >= 0.3 is 12.1 Å². The van der Waals surface area contributed by atoms with E-state index in [-0.39, 0.29) is 37.3 Å². The second-order valence-electron chi connectivity index (χ2n) is 9.27. The molecule has 7 nitrogen and oxygen atoms in total. The molecular formula is C27H34N2O5. The van der Waals surface area contributed by atoms with Gasteiger partial charge in [0.2, 0.25) is 5.91 Å². The lowest BCUT2D eigenvalue weighted by Crippen LogP contribution is -2.47. The third-order valence-corrected chi connectivity index (χ3v) is 6.19. The van der Waals surface area contributed by atoms with Gasteiger partial charge in [0, 0.05) is 18.9 Å². The van der Waals surface area contributed by atoms with Crippen LogP contribution >= 0.6 is 0 Å². The number of fused-ring (bicyclic) bond motifs is 3. The fraction of sp³-hybridized carbons (Fsp3) is 0.444. The summed E-state index contributed by atoms with van der Waals surface area (Å²) >= 11 is 0. The van der Waals surface area contributed by atoms with E-state index in [0.29, 0.717) is 18.8 Å². The summed E-state index contributed by atoms with van der Waals surface area (Å²) in [6, 6.07) is 15.4. The van der Waals surface area contributed by atoms with E-state index in [1.165, 1.54) is 0 Å². The fourth-order valence-electron chi connectivity index (χ4n) is 4.66. The number of nitrogens with one attached hydrogen (secondary N) is 2. The van der Waals surface area contributed by atoms with Crippen LogP contribution in [0.25, 0.3) is 11.1 Å². The van der Waals surface area contributed by atoms with Crippen molar-refractivity contribution in [2.24, 2.45) is 11.8 Å². The van der Waals surface area contributed by atoms with Gasteiger partial charge in [0.25, 0.3) is 0 Å². The highest BCUT2D eigenvalue weighted by molar-refractivity contribution is 5.85. The summed E-state index contributed by atoms with van der Waals surface area (Å²) in [5.41, 5.74) is 4.54. The van der Waals surface area contributed by atoms with Gasteiger partial charge in [-0.1, -0.05) is 69.3 Å². The first kappa shape index (κ1) is 25.3. The van der Waals surface area contributed by atoms with Crippen molar-refractivity contribution >= 4 is 18.0 Å². The second-order valence-corrected chi connectivity index (χ2v) is 9.27. The summed E-state index contributed by atoms with van der Waals surface area (Å²) in [5, 5.41) is 14.6. The summed E-state index contributed by atoms with van der Waals surface area (Å²) < 4.78 is 5.55. The molecule has 3 rings (SSSR count). The van der Waals surface area contributed by atoms with E-state index in [9.17, 15) is 14.4 Å². The minimum atomic E-state index is -0.885. The molecule has 2 unspecified atom stereocenters. The lowest BCUT2D eigenvalue weighted by atomic mass is 9.94. The van der Waals surface area contributed by atoms with Crippen molar-refractivity contribution < 1.29 is 24.2 Å². The Balaban J connectivity index is 1.55. The predicted octanol–water partition coefficient (Wildman–Crippen LogP) is 4.56. The van der Waals surface area contributed by atoms with Gasteiger partial charge in [0.1, 0.15) is 12.6 Å². The molecule has 7 heteroatoms. The quantitative estimate of drug-likeness (QED) is 0.450. The molecule has 0 radical (unpaired) electrons. The molecule has 0 aromatic heterocycles. The molecule has 1 aliphatic carbocycles. The monoisotopic (exact) mass is 466 g/mol. The molecule has 2 aromatic carbocycles. The number of carboxylic acids is 1. The van der Waals surface area contributed by atoms with Crippen LogP contribution in [0.1, 0.15) is 57.1 Å². The van der Waals surface area contributed by atoms with Crippen molar-refractivity contribution in [3.05, 3.63) is 59.7 Å². The van der Waals surface area contributed by atoms with E-state index in [4.69, 9.17) is 9.84 Å². The highest BCUT2D eigenvalue weighted by Crippen LogP contribution is 2.44. The Hall–Kier alpha value is -3.35. The van der Waals surface area contributed by atoms with Gasteiger partial charge in [-0.15, -0.1) is 0 Å². The zero-order valence-electron chi connectivity index (χ0n) is 20.0. The smallest absolute Gasteiger partial charge is 0.407 e. The standard InChI is InChI=1S/C27H34N2O5/c1-4-24(26(32)28-15-18(13-17(2)3)14-25(30)31)29-27(33)34-16-23-21-11-7-5-9-19(21)20-10-6-8-12-22(20)23/h5-12,17-18,23-24H,4,13-16H2,1-3H3,(H,28,32)(H,29,33)(H,30,31). The Morgan fingerprint density at radius 2 is 1.59 bits per heavy atom. The van der Waals surface area contributed by atoms with Crippen LogP contribution in [0.15, 0.2) is 48.5 Å². The Kier molecular flexibility index (Phi) is 8.68. The highest BCUT2D eigenvalue weighted by atomic mass is 16.5.